The number of hydrogen-bond acceptors (Lipinski definition) is 7. The van der Waals surface area contributed by atoms with Crippen LogP contribution in [0.25, 0.3) is 0 Å². The van der Waals surface area contributed by atoms with Gasteiger partial charge in [0.1, 0.15) is 16.4 Å². The summed E-state index contributed by atoms with van der Waals surface area (Å²) in [5, 5.41) is 9.16. The molecule has 190 valence electrons. The molecular weight excluding hydrogens is 479 g/mol. The van der Waals surface area contributed by atoms with Crippen LogP contribution in [0.2, 0.25) is 0 Å². The van der Waals surface area contributed by atoms with Crippen LogP contribution in [0.4, 0.5) is 14.9 Å². The van der Waals surface area contributed by atoms with E-state index >= 15 is 0 Å². The summed E-state index contributed by atoms with van der Waals surface area (Å²) in [7, 11) is -4.23. The highest BCUT2D eigenvalue weighted by atomic mass is 32.2. The molecule has 2 aromatic rings. The molecule has 2 heterocycles. The summed E-state index contributed by atoms with van der Waals surface area (Å²) in [5.41, 5.74) is 6.30. The molecule has 1 aromatic heterocycles. The second kappa shape index (κ2) is 9.91. The summed E-state index contributed by atoms with van der Waals surface area (Å²) >= 11 is 0. The number of nitrogens with two attached hydrogens (primary N) is 1. The molecule has 3 amide bonds. The normalized spacial score (nSPS) is 23.3. The zero-order chi connectivity index (χ0) is 25.3. The van der Waals surface area contributed by atoms with E-state index < -0.39 is 33.9 Å². The van der Waals surface area contributed by atoms with Crippen molar-refractivity contribution >= 4 is 27.6 Å². The minimum atomic E-state index is -4.23. The lowest BCUT2D eigenvalue weighted by atomic mass is 9.92. The zero-order valence-electron chi connectivity index (χ0n) is 19.5. The number of aromatic nitrogens is 1. The van der Waals surface area contributed by atoms with Gasteiger partial charge in [-0.05, 0) is 57.7 Å². The van der Waals surface area contributed by atoms with Gasteiger partial charge in [0.25, 0.3) is 15.9 Å². The van der Waals surface area contributed by atoms with Gasteiger partial charge in [-0.1, -0.05) is 11.2 Å². The number of anilines is 1. The number of nitrogens with zero attached hydrogens (tertiary/aromatic N) is 3. The molecule has 1 atom stereocenters. The lowest BCUT2D eigenvalue weighted by Crippen LogP contribution is -2.56. The molecule has 0 bridgehead atoms. The van der Waals surface area contributed by atoms with Crippen LogP contribution in [0.15, 0.2) is 33.7 Å². The highest BCUT2D eigenvalue weighted by Crippen LogP contribution is 2.29. The molecule has 4 N–H and O–H groups in total. The first-order chi connectivity index (χ1) is 16.6. The third kappa shape index (κ3) is 5.16. The zero-order valence-corrected chi connectivity index (χ0v) is 20.3. The van der Waals surface area contributed by atoms with E-state index in [9.17, 15) is 22.4 Å². The van der Waals surface area contributed by atoms with Gasteiger partial charge >= 0.3 is 6.03 Å². The van der Waals surface area contributed by atoms with Crippen molar-refractivity contribution in [1.29, 1.82) is 0 Å². The Balaban J connectivity index is 1.63. The van der Waals surface area contributed by atoms with Crippen molar-refractivity contribution in [3.63, 3.8) is 0 Å². The number of hydrogen-bond donors (Lipinski definition) is 3. The summed E-state index contributed by atoms with van der Waals surface area (Å²) in [6.45, 7) is 2.81. The average Bonchev–Trinajstić information content (AvgIpc) is 3.39. The molecule has 4 rings (SSSR count). The van der Waals surface area contributed by atoms with Gasteiger partial charge in [-0.2, -0.15) is 4.31 Å². The SMILES string of the molecule is Cc1noc(C)c1S(=O)(=O)N1CCN(C(=O)Nc2cccc(F)c2)C1C(=O)NC1CCC(N)CC1. The standard InChI is InChI=1S/C22H29FN6O5S/c1-13-19(14(2)34-27-13)35(32,33)29-11-10-28(22(31)26-18-5-3-4-15(23)12-18)21(29)20(30)25-17-8-6-16(24)7-9-17/h3-5,12,16-17,21H,6-11,24H2,1-2H3,(H,25,30)(H,26,31). The molecule has 13 heteroatoms. The van der Waals surface area contributed by atoms with E-state index in [1.54, 1.807) is 0 Å². The van der Waals surface area contributed by atoms with Gasteiger partial charge in [0, 0.05) is 30.9 Å². The van der Waals surface area contributed by atoms with Crippen LogP contribution in [-0.4, -0.2) is 66.1 Å². The summed E-state index contributed by atoms with van der Waals surface area (Å²) in [6, 6.07) is 4.46. The Kier molecular flexibility index (Phi) is 7.10. The summed E-state index contributed by atoms with van der Waals surface area (Å²) in [4.78, 5) is 27.6. The van der Waals surface area contributed by atoms with Gasteiger partial charge in [0.15, 0.2) is 11.9 Å². The third-order valence-corrected chi connectivity index (χ3v) is 8.45. The van der Waals surface area contributed by atoms with E-state index in [1.807, 2.05) is 0 Å². The highest BCUT2D eigenvalue weighted by Gasteiger charge is 2.48. The Morgan fingerprint density at radius 1 is 1.17 bits per heavy atom. The number of rotatable bonds is 5. The number of amides is 3. The van der Waals surface area contributed by atoms with Crippen molar-refractivity contribution in [3.8, 4) is 0 Å². The Hall–Kier alpha value is -3.03. The van der Waals surface area contributed by atoms with Crippen molar-refractivity contribution in [2.45, 2.75) is 62.7 Å². The van der Waals surface area contributed by atoms with Crippen LogP contribution in [0.1, 0.15) is 37.1 Å². The lowest BCUT2D eigenvalue weighted by Gasteiger charge is -2.32. The molecule has 2 aliphatic rings. The van der Waals surface area contributed by atoms with Crippen LogP contribution in [0, 0.1) is 19.7 Å². The van der Waals surface area contributed by atoms with E-state index in [0.717, 1.165) is 28.1 Å². The van der Waals surface area contributed by atoms with Gasteiger partial charge in [-0.3, -0.25) is 9.69 Å². The molecule has 1 saturated carbocycles. The van der Waals surface area contributed by atoms with Gasteiger partial charge < -0.3 is 20.9 Å². The van der Waals surface area contributed by atoms with Gasteiger partial charge in [-0.25, -0.2) is 17.6 Å². The molecule has 0 radical (unpaired) electrons. The molecule has 1 aliphatic carbocycles. The first-order valence-electron chi connectivity index (χ1n) is 11.4. The Morgan fingerprint density at radius 3 is 2.51 bits per heavy atom. The number of carbonyl (C=O) groups excluding carboxylic acids is 2. The van der Waals surface area contributed by atoms with E-state index in [0.29, 0.717) is 12.8 Å². The quantitative estimate of drug-likeness (QED) is 0.556. The Bertz CT molecular complexity index is 1190. The predicted octanol–water partition coefficient (Wildman–Crippen LogP) is 1.68. The lowest BCUT2D eigenvalue weighted by molar-refractivity contribution is -0.128. The fourth-order valence-electron chi connectivity index (χ4n) is 4.60. The predicted molar refractivity (Wildman–Crippen MR) is 124 cm³/mol. The van der Waals surface area contributed by atoms with Crippen molar-refractivity contribution in [1.82, 2.24) is 19.7 Å². The van der Waals surface area contributed by atoms with Crippen molar-refractivity contribution in [2.24, 2.45) is 5.73 Å². The molecule has 1 aromatic carbocycles. The molecule has 1 unspecified atom stereocenters. The molecule has 1 aliphatic heterocycles. The number of aryl methyl sites for hydroxylation is 2. The van der Waals surface area contributed by atoms with Crippen LogP contribution in [0.3, 0.4) is 0 Å². The Labute approximate surface area is 202 Å². The van der Waals surface area contributed by atoms with Crippen molar-refractivity contribution < 1.29 is 26.9 Å². The van der Waals surface area contributed by atoms with Crippen molar-refractivity contribution in [3.05, 3.63) is 41.5 Å². The van der Waals surface area contributed by atoms with Crippen molar-refractivity contribution in [2.75, 3.05) is 18.4 Å². The smallest absolute Gasteiger partial charge is 0.323 e. The molecule has 2 fully saturated rings. The van der Waals surface area contributed by atoms with E-state index in [2.05, 4.69) is 15.8 Å². The Morgan fingerprint density at radius 2 is 1.89 bits per heavy atom. The number of carbonyl (C=O) groups is 2. The maximum absolute atomic E-state index is 13.6. The maximum atomic E-state index is 13.6. The number of benzene rings is 1. The average molecular weight is 509 g/mol. The maximum Gasteiger partial charge on any atom is 0.323 e. The first-order valence-corrected chi connectivity index (χ1v) is 12.9. The minimum Gasteiger partial charge on any atom is -0.360 e. The molecule has 11 nitrogen and oxygen atoms in total. The molecule has 0 spiro atoms. The van der Waals surface area contributed by atoms with E-state index in [1.165, 1.54) is 32.0 Å². The second-order valence-electron chi connectivity index (χ2n) is 8.90. The molecular formula is C22H29FN6O5S. The second-order valence-corrected chi connectivity index (χ2v) is 10.7. The molecule has 1 saturated heterocycles. The fraction of sp³-hybridized carbons (Fsp3) is 0.500. The number of urea groups is 1. The first kappa shape index (κ1) is 25.1. The summed E-state index contributed by atoms with van der Waals surface area (Å²) < 4.78 is 46.8. The minimum absolute atomic E-state index is 0.0443. The number of sulfonamides is 1. The van der Waals surface area contributed by atoms with E-state index in [4.69, 9.17) is 10.3 Å². The van der Waals surface area contributed by atoms with Gasteiger partial charge in [0.2, 0.25) is 0 Å². The van der Waals surface area contributed by atoms with Crippen LogP contribution >= 0.6 is 0 Å². The largest absolute Gasteiger partial charge is 0.360 e. The fourth-order valence-corrected chi connectivity index (χ4v) is 6.44. The van der Waals surface area contributed by atoms with Crippen LogP contribution in [-0.2, 0) is 14.8 Å². The topological polar surface area (TPSA) is 151 Å². The third-order valence-electron chi connectivity index (χ3n) is 6.35. The van der Waals surface area contributed by atoms with E-state index in [-0.39, 0.29) is 47.2 Å². The monoisotopic (exact) mass is 508 g/mol. The van der Waals surface area contributed by atoms with Crippen LogP contribution in [0.5, 0.6) is 0 Å². The summed E-state index contributed by atoms with van der Waals surface area (Å²) in [5.74, 6) is -1.07. The molecule has 35 heavy (non-hydrogen) atoms. The summed E-state index contributed by atoms with van der Waals surface area (Å²) in [6.07, 6.45) is 1.34. The number of nitrogens with one attached hydrogen (secondary N) is 2. The van der Waals surface area contributed by atoms with Crippen LogP contribution < -0.4 is 16.4 Å². The highest BCUT2D eigenvalue weighted by molar-refractivity contribution is 7.89. The number of halogens is 1. The van der Waals surface area contributed by atoms with Gasteiger partial charge in [0.05, 0.1) is 0 Å². The van der Waals surface area contributed by atoms with Gasteiger partial charge in [-0.15, -0.1) is 0 Å².